The predicted octanol–water partition coefficient (Wildman–Crippen LogP) is 3.53. The molecule has 2 aromatic rings. The summed E-state index contributed by atoms with van der Waals surface area (Å²) in [7, 11) is 1.63. The van der Waals surface area contributed by atoms with Crippen molar-refractivity contribution in [2.45, 2.75) is 26.8 Å². The number of hydrogen-bond acceptors (Lipinski definition) is 3. The van der Waals surface area contributed by atoms with Crippen molar-refractivity contribution in [2.24, 2.45) is 11.8 Å². The minimum Gasteiger partial charge on any atom is -0.496 e. The van der Waals surface area contributed by atoms with Crippen LogP contribution in [0.3, 0.4) is 0 Å². The van der Waals surface area contributed by atoms with E-state index in [9.17, 15) is 9.59 Å². The minimum absolute atomic E-state index is 0.0295. The smallest absolute Gasteiger partial charge is 0.251 e. The lowest BCUT2D eigenvalue weighted by atomic mass is 10.1. The zero-order chi connectivity index (χ0) is 18.7. The molecule has 5 nitrogen and oxygen atoms in total. The monoisotopic (exact) mass is 352 g/mol. The molecule has 2 N–H and O–H groups in total. The summed E-state index contributed by atoms with van der Waals surface area (Å²) in [5.41, 5.74) is 3.19. The molecule has 26 heavy (non-hydrogen) atoms. The van der Waals surface area contributed by atoms with Crippen molar-refractivity contribution in [1.29, 1.82) is 0 Å². The lowest BCUT2D eigenvalue weighted by Crippen LogP contribution is -2.23. The third kappa shape index (κ3) is 4.23. The zero-order valence-corrected chi connectivity index (χ0v) is 15.3. The Morgan fingerprint density at radius 2 is 1.96 bits per heavy atom. The van der Waals surface area contributed by atoms with E-state index in [1.165, 1.54) is 0 Å². The molecule has 0 saturated heterocycles. The van der Waals surface area contributed by atoms with Crippen LogP contribution in [-0.2, 0) is 11.3 Å². The fourth-order valence-electron chi connectivity index (χ4n) is 2.92. The van der Waals surface area contributed by atoms with Crippen molar-refractivity contribution < 1.29 is 14.3 Å². The number of anilines is 1. The Bertz CT molecular complexity index is 832. The first-order valence-electron chi connectivity index (χ1n) is 8.80. The fraction of sp³-hybridized carbons (Fsp3) is 0.333. The van der Waals surface area contributed by atoms with E-state index in [-0.39, 0.29) is 17.7 Å². The molecule has 0 spiro atoms. The van der Waals surface area contributed by atoms with Gasteiger partial charge in [-0.25, -0.2) is 0 Å². The summed E-state index contributed by atoms with van der Waals surface area (Å²) in [6.07, 6.45) is 0.937. The average molecular weight is 352 g/mol. The van der Waals surface area contributed by atoms with Crippen LogP contribution in [0.2, 0.25) is 0 Å². The van der Waals surface area contributed by atoms with E-state index in [4.69, 9.17) is 4.74 Å². The Balaban J connectivity index is 1.61. The second kappa shape index (κ2) is 7.60. The van der Waals surface area contributed by atoms with Crippen molar-refractivity contribution in [2.75, 3.05) is 12.4 Å². The van der Waals surface area contributed by atoms with E-state index in [0.717, 1.165) is 23.3 Å². The first kappa shape index (κ1) is 18.0. The standard InChI is InChI=1S/C21H24N2O3/c1-13-7-8-15(10-19(13)26-3)12-22-20(24)16-5-4-6-17(11-16)23-21(25)18-9-14(18)2/h4-8,10-11,14,18H,9,12H2,1-3H3,(H,22,24)(H,23,25). The third-order valence-electron chi connectivity index (χ3n) is 4.76. The van der Waals surface area contributed by atoms with Crippen LogP contribution in [0.25, 0.3) is 0 Å². The first-order chi connectivity index (χ1) is 12.5. The van der Waals surface area contributed by atoms with Crippen molar-refractivity contribution in [3.05, 3.63) is 59.2 Å². The Kier molecular flexibility index (Phi) is 5.26. The molecule has 2 aromatic carbocycles. The maximum Gasteiger partial charge on any atom is 0.251 e. The second-order valence-corrected chi connectivity index (χ2v) is 6.88. The van der Waals surface area contributed by atoms with Gasteiger partial charge < -0.3 is 15.4 Å². The third-order valence-corrected chi connectivity index (χ3v) is 4.76. The number of methoxy groups -OCH3 is 1. The summed E-state index contributed by atoms with van der Waals surface area (Å²) < 4.78 is 5.31. The summed E-state index contributed by atoms with van der Waals surface area (Å²) >= 11 is 0. The SMILES string of the molecule is COc1cc(CNC(=O)c2cccc(NC(=O)C3CC3C)c2)ccc1C. The second-order valence-electron chi connectivity index (χ2n) is 6.88. The number of ether oxygens (including phenoxy) is 1. The lowest BCUT2D eigenvalue weighted by Gasteiger charge is -2.10. The van der Waals surface area contributed by atoms with Gasteiger partial charge in [0.2, 0.25) is 5.91 Å². The molecule has 0 heterocycles. The van der Waals surface area contributed by atoms with Crippen LogP contribution >= 0.6 is 0 Å². The quantitative estimate of drug-likeness (QED) is 0.836. The molecule has 5 heteroatoms. The molecule has 2 atom stereocenters. The van der Waals surface area contributed by atoms with Crippen LogP contribution < -0.4 is 15.4 Å². The number of hydrogen-bond donors (Lipinski definition) is 2. The molecule has 0 aromatic heterocycles. The summed E-state index contributed by atoms with van der Waals surface area (Å²) in [5, 5.41) is 5.79. The molecule has 2 unspecified atom stereocenters. The summed E-state index contributed by atoms with van der Waals surface area (Å²) in [4.78, 5) is 24.5. The van der Waals surface area contributed by atoms with E-state index in [0.29, 0.717) is 23.7 Å². The molecule has 1 saturated carbocycles. The highest BCUT2D eigenvalue weighted by Gasteiger charge is 2.39. The number of aryl methyl sites for hydroxylation is 1. The van der Waals surface area contributed by atoms with Gasteiger partial charge >= 0.3 is 0 Å². The molecular weight excluding hydrogens is 328 g/mol. The van der Waals surface area contributed by atoms with Gasteiger partial charge in [-0.05, 0) is 54.7 Å². The van der Waals surface area contributed by atoms with Crippen LogP contribution in [0.4, 0.5) is 5.69 Å². The zero-order valence-electron chi connectivity index (χ0n) is 15.3. The van der Waals surface area contributed by atoms with Gasteiger partial charge in [0, 0.05) is 23.7 Å². The number of nitrogens with one attached hydrogen (secondary N) is 2. The molecule has 0 aliphatic heterocycles. The molecule has 3 rings (SSSR count). The van der Waals surface area contributed by atoms with E-state index >= 15 is 0 Å². The summed E-state index contributed by atoms with van der Waals surface area (Å²) in [5.74, 6) is 1.20. The number of benzene rings is 2. The minimum atomic E-state index is -0.180. The number of rotatable bonds is 6. The molecule has 1 fully saturated rings. The number of carbonyl (C=O) groups is 2. The number of amides is 2. The van der Waals surface area contributed by atoms with Gasteiger partial charge in [-0.1, -0.05) is 25.1 Å². The van der Waals surface area contributed by atoms with Crippen LogP contribution in [0.15, 0.2) is 42.5 Å². The highest BCUT2D eigenvalue weighted by atomic mass is 16.5. The maximum atomic E-state index is 12.4. The van der Waals surface area contributed by atoms with Gasteiger partial charge in [0.1, 0.15) is 5.75 Å². The lowest BCUT2D eigenvalue weighted by molar-refractivity contribution is -0.117. The molecule has 136 valence electrons. The number of carbonyl (C=O) groups excluding carboxylic acids is 2. The summed E-state index contributed by atoms with van der Waals surface area (Å²) in [6.45, 7) is 4.45. The topological polar surface area (TPSA) is 67.4 Å². The Morgan fingerprint density at radius 3 is 2.65 bits per heavy atom. The molecule has 0 radical (unpaired) electrons. The van der Waals surface area contributed by atoms with Crippen LogP contribution in [0.5, 0.6) is 5.75 Å². The Hall–Kier alpha value is -2.82. The fourth-order valence-corrected chi connectivity index (χ4v) is 2.92. The first-order valence-corrected chi connectivity index (χ1v) is 8.80. The van der Waals surface area contributed by atoms with E-state index in [2.05, 4.69) is 17.6 Å². The predicted molar refractivity (Wildman–Crippen MR) is 101 cm³/mol. The van der Waals surface area contributed by atoms with E-state index in [1.54, 1.807) is 31.4 Å². The van der Waals surface area contributed by atoms with Gasteiger partial charge in [-0.2, -0.15) is 0 Å². The van der Waals surface area contributed by atoms with Gasteiger partial charge in [-0.15, -0.1) is 0 Å². The molecule has 1 aliphatic carbocycles. The van der Waals surface area contributed by atoms with E-state index in [1.807, 2.05) is 25.1 Å². The van der Waals surface area contributed by atoms with Crippen molar-refractivity contribution in [3.63, 3.8) is 0 Å². The van der Waals surface area contributed by atoms with Crippen molar-refractivity contribution in [3.8, 4) is 5.75 Å². The summed E-state index contributed by atoms with van der Waals surface area (Å²) in [6, 6.07) is 12.9. The molecule has 0 bridgehead atoms. The normalized spacial score (nSPS) is 18.1. The molecule has 2 amide bonds. The molecule has 1 aliphatic rings. The van der Waals surface area contributed by atoms with Crippen LogP contribution in [0, 0.1) is 18.8 Å². The van der Waals surface area contributed by atoms with Gasteiger partial charge in [0.25, 0.3) is 5.91 Å². The van der Waals surface area contributed by atoms with Crippen LogP contribution in [-0.4, -0.2) is 18.9 Å². The Morgan fingerprint density at radius 1 is 1.19 bits per heavy atom. The Labute approximate surface area is 153 Å². The van der Waals surface area contributed by atoms with Crippen LogP contribution in [0.1, 0.15) is 34.8 Å². The largest absolute Gasteiger partial charge is 0.496 e. The van der Waals surface area contributed by atoms with E-state index < -0.39 is 0 Å². The van der Waals surface area contributed by atoms with Gasteiger partial charge in [0.05, 0.1) is 7.11 Å². The average Bonchev–Trinajstić information content (AvgIpc) is 3.38. The van der Waals surface area contributed by atoms with Gasteiger partial charge in [0.15, 0.2) is 0 Å². The molecular formula is C21H24N2O3. The van der Waals surface area contributed by atoms with Crippen molar-refractivity contribution in [1.82, 2.24) is 5.32 Å². The highest BCUT2D eigenvalue weighted by molar-refractivity contribution is 5.98. The van der Waals surface area contributed by atoms with Crippen molar-refractivity contribution >= 4 is 17.5 Å². The maximum absolute atomic E-state index is 12.4. The highest BCUT2D eigenvalue weighted by Crippen LogP contribution is 2.38. The van der Waals surface area contributed by atoms with Gasteiger partial charge in [-0.3, -0.25) is 9.59 Å².